The van der Waals surface area contributed by atoms with E-state index in [1.807, 2.05) is 48.5 Å². The Balaban J connectivity index is 1.60. The fourth-order valence-corrected chi connectivity index (χ4v) is 4.92. The summed E-state index contributed by atoms with van der Waals surface area (Å²) in [5.41, 5.74) is 5.04. The van der Waals surface area contributed by atoms with Gasteiger partial charge < -0.3 is 19.5 Å². The lowest BCUT2D eigenvalue weighted by Gasteiger charge is -2.25. The molecular formula is C32H40N2O4. The van der Waals surface area contributed by atoms with Crippen molar-refractivity contribution in [3.63, 3.8) is 0 Å². The van der Waals surface area contributed by atoms with Gasteiger partial charge in [-0.05, 0) is 46.4 Å². The smallest absolute Gasteiger partial charge is 0.254 e. The number of ether oxygens (including phenoxy) is 2. The standard InChI is InChI=1S/C32H40N2O4/c1-25(2)22-33-14-16-37-17-18-38-31-12-11-29(21-30(31)20-27-9-6-10-28(19-27)23-33)32(36)34(13-15-35)24-26-7-4-3-5-8-26/h3-12,19,21,25,35H,13-18,20,22-24H2,1-2H3. The van der Waals surface area contributed by atoms with Crippen LogP contribution in [0.15, 0.2) is 72.8 Å². The van der Waals surface area contributed by atoms with Crippen molar-refractivity contribution in [3.05, 3.63) is 101 Å². The molecule has 3 aromatic carbocycles. The van der Waals surface area contributed by atoms with Crippen molar-refractivity contribution in [2.75, 3.05) is 46.1 Å². The number of nitrogens with zero attached hydrogens (tertiary/aromatic N) is 2. The SMILES string of the molecule is CC(C)CN1CCOCCOc2ccc(C(=O)N(CCO)Cc3ccccc3)cc2Cc2cccc(c2)C1. The zero-order valence-electron chi connectivity index (χ0n) is 22.6. The summed E-state index contributed by atoms with van der Waals surface area (Å²) in [6.45, 7) is 9.54. The minimum absolute atomic E-state index is 0.0900. The molecule has 0 fully saturated rings. The molecule has 1 N–H and O–H groups in total. The maximum absolute atomic E-state index is 13.5. The van der Waals surface area contributed by atoms with E-state index in [4.69, 9.17) is 9.47 Å². The summed E-state index contributed by atoms with van der Waals surface area (Å²) < 4.78 is 12.0. The molecule has 4 rings (SSSR count). The molecule has 1 aliphatic rings. The lowest BCUT2D eigenvalue weighted by atomic mass is 9.99. The van der Waals surface area contributed by atoms with E-state index >= 15 is 0 Å². The minimum atomic E-state index is -0.105. The highest BCUT2D eigenvalue weighted by Crippen LogP contribution is 2.25. The van der Waals surface area contributed by atoms with Crippen LogP contribution in [0, 0.1) is 5.92 Å². The van der Waals surface area contributed by atoms with Crippen LogP contribution in [0.25, 0.3) is 0 Å². The molecule has 1 heterocycles. The van der Waals surface area contributed by atoms with Crippen molar-refractivity contribution in [2.45, 2.75) is 33.4 Å². The van der Waals surface area contributed by atoms with Gasteiger partial charge in [0.1, 0.15) is 12.4 Å². The molecule has 38 heavy (non-hydrogen) atoms. The molecule has 0 unspecified atom stereocenters. The number of carbonyl (C=O) groups excluding carboxylic acids is 1. The number of aliphatic hydroxyl groups is 1. The number of aliphatic hydroxyl groups excluding tert-OH is 1. The molecule has 0 radical (unpaired) electrons. The van der Waals surface area contributed by atoms with E-state index in [1.54, 1.807) is 4.90 Å². The van der Waals surface area contributed by atoms with Crippen molar-refractivity contribution in [3.8, 4) is 5.75 Å². The Morgan fingerprint density at radius 2 is 1.79 bits per heavy atom. The number of fused-ring (bicyclic) bond motifs is 3. The molecule has 1 amide bonds. The maximum atomic E-state index is 13.5. The van der Waals surface area contributed by atoms with Crippen molar-refractivity contribution in [2.24, 2.45) is 5.92 Å². The van der Waals surface area contributed by atoms with E-state index in [0.29, 0.717) is 44.3 Å². The van der Waals surface area contributed by atoms with Crippen LogP contribution in [0.5, 0.6) is 5.75 Å². The van der Waals surface area contributed by atoms with Gasteiger partial charge in [-0.25, -0.2) is 0 Å². The van der Waals surface area contributed by atoms with Crippen LogP contribution in [-0.4, -0.2) is 66.9 Å². The van der Waals surface area contributed by atoms with Gasteiger partial charge in [-0.2, -0.15) is 0 Å². The van der Waals surface area contributed by atoms with Crippen molar-refractivity contribution < 1.29 is 19.4 Å². The minimum Gasteiger partial charge on any atom is -0.491 e. The molecule has 0 saturated carbocycles. The van der Waals surface area contributed by atoms with Gasteiger partial charge in [0.05, 0.1) is 19.8 Å². The van der Waals surface area contributed by atoms with Crippen LogP contribution < -0.4 is 4.74 Å². The molecule has 0 saturated heterocycles. The maximum Gasteiger partial charge on any atom is 0.254 e. The molecule has 0 atom stereocenters. The molecule has 2 bridgehead atoms. The number of rotatable bonds is 7. The highest BCUT2D eigenvalue weighted by molar-refractivity contribution is 5.94. The van der Waals surface area contributed by atoms with Crippen LogP contribution >= 0.6 is 0 Å². The van der Waals surface area contributed by atoms with E-state index in [-0.39, 0.29) is 19.1 Å². The Bertz CT molecular complexity index is 1170. The number of benzene rings is 3. The highest BCUT2D eigenvalue weighted by Gasteiger charge is 2.19. The first-order chi connectivity index (χ1) is 18.5. The third-order valence-corrected chi connectivity index (χ3v) is 6.63. The lowest BCUT2D eigenvalue weighted by molar-refractivity contribution is 0.0706. The Labute approximate surface area is 226 Å². The highest BCUT2D eigenvalue weighted by atomic mass is 16.5. The van der Waals surface area contributed by atoms with Crippen LogP contribution in [0.1, 0.15) is 46.5 Å². The van der Waals surface area contributed by atoms with E-state index in [0.717, 1.165) is 36.5 Å². The summed E-state index contributed by atoms with van der Waals surface area (Å²) in [6, 6.07) is 24.2. The molecule has 3 aromatic rings. The number of hydrogen-bond acceptors (Lipinski definition) is 5. The fourth-order valence-electron chi connectivity index (χ4n) is 4.92. The second-order valence-corrected chi connectivity index (χ2v) is 10.3. The van der Waals surface area contributed by atoms with Gasteiger partial charge in [-0.15, -0.1) is 0 Å². The van der Waals surface area contributed by atoms with Crippen LogP contribution in [0.2, 0.25) is 0 Å². The summed E-state index contributed by atoms with van der Waals surface area (Å²) in [6.07, 6.45) is 0.661. The van der Waals surface area contributed by atoms with E-state index < -0.39 is 0 Å². The first kappa shape index (κ1) is 27.8. The van der Waals surface area contributed by atoms with Gasteiger partial charge in [0.25, 0.3) is 5.91 Å². The molecular weight excluding hydrogens is 476 g/mol. The lowest BCUT2D eigenvalue weighted by Crippen LogP contribution is -2.33. The normalized spacial score (nSPS) is 14.8. The van der Waals surface area contributed by atoms with Crippen molar-refractivity contribution in [1.82, 2.24) is 9.80 Å². The summed E-state index contributed by atoms with van der Waals surface area (Å²) in [7, 11) is 0. The first-order valence-corrected chi connectivity index (χ1v) is 13.6. The van der Waals surface area contributed by atoms with Gasteiger partial charge in [0.2, 0.25) is 0 Å². The largest absolute Gasteiger partial charge is 0.491 e. The molecule has 202 valence electrons. The van der Waals surface area contributed by atoms with Crippen LogP contribution in [-0.2, 0) is 24.2 Å². The molecule has 6 heteroatoms. The van der Waals surface area contributed by atoms with Crippen molar-refractivity contribution >= 4 is 5.91 Å². The Morgan fingerprint density at radius 1 is 0.974 bits per heavy atom. The molecule has 1 aliphatic heterocycles. The molecule has 6 nitrogen and oxygen atoms in total. The van der Waals surface area contributed by atoms with Gasteiger partial charge >= 0.3 is 0 Å². The number of amides is 1. The first-order valence-electron chi connectivity index (χ1n) is 13.6. The van der Waals surface area contributed by atoms with Crippen LogP contribution in [0.3, 0.4) is 0 Å². The monoisotopic (exact) mass is 516 g/mol. The van der Waals surface area contributed by atoms with Gasteiger partial charge in [-0.1, -0.05) is 68.4 Å². The quantitative estimate of drug-likeness (QED) is 0.490. The van der Waals surface area contributed by atoms with Gasteiger partial charge in [0, 0.05) is 44.7 Å². The van der Waals surface area contributed by atoms with E-state index in [9.17, 15) is 9.90 Å². The van der Waals surface area contributed by atoms with Crippen LogP contribution in [0.4, 0.5) is 0 Å². The Morgan fingerprint density at radius 3 is 2.58 bits per heavy atom. The summed E-state index contributed by atoms with van der Waals surface area (Å²) in [5.74, 6) is 1.24. The molecule has 0 aliphatic carbocycles. The number of hydrogen-bond donors (Lipinski definition) is 1. The summed E-state index contributed by atoms with van der Waals surface area (Å²) in [5, 5.41) is 9.64. The summed E-state index contributed by atoms with van der Waals surface area (Å²) in [4.78, 5) is 17.7. The second-order valence-electron chi connectivity index (χ2n) is 10.3. The van der Waals surface area contributed by atoms with Crippen molar-refractivity contribution in [1.29, 1.82) is 0 Å². The van der Waals surface area contributed by atoms with Gasteiger partial charge in [0.15, 0.2) is 0 Å². The predicted molar refractivity (Wildman–Crippen MR) is 150 cm³/mol. The van der Waals surface area contributed by atoms with E-state index in [1.165, 1.54) is 11.1 Å². The zero-order valence-corrected chi connectivity index (χ0v) is 22.6. The fraction of sp³-hybridized carbons (Fsp3) is 0.406. The molecule has 0 spiro atoms. The average molecular weight is 517 g/mol. The topological polar surface area (TPSA) is 62.2 Å². The third-order valence-electron chi connectivity index (χ3n) is 6.63. The average Bonchev–Trinajstić information content (AvgIpc) is 2.90. The second kappa shape index (κ2) is 14.1. The number of carbonyl (C=O) groups is 1. The zero-order chi connectivity index (χ0) is 26.7. The van der Waals surface area contributed by atoms with Gasteiger partial charge in [-0.3, -0.25) is 9.69 Å². The Kier molecular flexibility index (Phi) is 10.3. The Hall–Kier alpha value is -3.19. The summed E-state index contributed by atoms with van der Waals surface area (Å²) >= 11 is 0. The molecule has 0 aromatic heterocycles. The van der Waals surface area contributed by atoms with E-state index in [2.05, 4.69) is 43.0 Å². The third kappa shape index (κ3) is 8.15. The predicted octanol–water partition coefficient (Wildman–Crippen LogP) is 4.78.